The molecule has 1 aromatic carbocycles. The first-order chi connectivity index (χ1) is 12.6. The first-order valence-corrected chi connectivity index (χ1v) is 8.34. The predicted molar refractivity (Wildman–Crippen MR) is 99.4 cm³/mol. The molecule has 3 aromatic heterocycles. The van der Waals surface area contributed by atoms with Crippen molar-refractivity contribution in [2.45, 2.75) is 20.3 Å². The summed E-state index contributed by atoms with van der Waals surface area (Å²) in [6.45, 7) is 4.07. The minimum Gasteiger partial charge on any atom is -0.464 e. The molecule has 0 fully saturated rings. The lowest BCUT2D eigenvalue weighted by Crippen LogP contribution is -2.13. The first kappa shape index (κ1) is 16.1. The Morgan fingerprint density at radius 2 is 2.12 bits per heavy atom. The van der Waals surface area contributed by atoms with Gasteiger partial charge in [0.1, 0.15) is 5.58 Å². The van der Waals surface area contributed by atoms with Crippen LogP contribution in [0.1, 0.15) is 16.7 Å². The van der Waals surface area contributed by atoms with Crippen molar-refractivity contribution in [1.82, 2.24) is 14.8 Å². The minimum atomic E-state index is -0.119. The minimum absolute atomic E-state index is 0.119. The second-order valence-electron chi connectivity index (χ2n) is 6.23. The van der Waals surface area contributed by atoms with Gasteiger partial charge in [-0.25, -0.2) is 9.67 Å². The van der Waals surface area contributed by atoms with Crippen molar-refractivity contribution in [2.75, 3.05) is 5.32 Å². The van der Waals surface area contributed by atoms with Crippen LogP contribution in [0.4, 0.5) is 5.69 Å². The van der Waals surface area contributed by atoms with E-state index in [2.05, 4.69) is 15.4 Å². The SMILES string of the molecule is Cc1ccc2c(CC(=O)Nc3cnn(-c4ccccn4)c3)coc2c1C. The Hall–Kier alpha value is -3.41. The zero-order valence-electron chi connectivity index (χ0n) is 14.6. The molecule has 0 aliphatic heterocycles. The van der Waals surface area contributed by atoms with Gasteiger partial charge in [-0.15, -0.1) is 0 Å². The van der Waals surface area contributed by atoms with E-state index in [0.717, 1.165) is 22.1 Å². The molecule has 0 unspecified atom stereocenters. The third-order valence-corrected chi connectivity index (χ3v) is 4.44. The van der Waals surface area contributed by atoms with Crippen LogP contribution in [-0.2, 0) is 11.2 Å². The lowest BCUT2D eigenvalue weighted by atomic mass is 10.0. The number of amides is 1. The van der Waals surface area contributed by atoms with E-state index in [1.165, 1.54) is 5.56 Å². The lowest BCUT2D eigenvalue weighted by Gasteiger charge is -2.03. The summed E-state index contributed by atoms with van der Waals surface area (Å²) < 4.78 is 7.29. The Morgan fingerprint density at radius 3 is 2.92 bits per heavy atom. The molecular formula is C20H18N4O2. The molecule has 6 nitrogen and oxygen atoms in total. The van der Waals surface area contributed by atoms with E-state index >= 15 is 0 Å². The van der Waals surface area contributed by atoms with Gasteiger partial charge in [-0.3, -0.25) is 4.79 Å². The topological polar surface area (TPSA) is 73.0 Å². The van der Waals surface area contributed by atoms with Gasteiger partial charge in [0, 0.05) is 17.1 Å². The van der Waals surface area contributed by atoms with Crippen LogP contribution in [0, 0.1) is 13.8 Å². The van der Waals surface area contributed by atoms with E-state index < -0.39 is 0 Å². The molecule has 0 radical (unpaired) electrons. The molecule has 4 aromatic rings. The smallest absolute Gasteiger partial charge is 0.229 e. The van der Waals surface area contributed by atoms with Crippen molar-refractivity contribution < 1.29 is 9.21 Å². The molecule has 3 heterocycles. The number of benzene rings is 1. The van der Waals surface area contributed by atoms with Gasteiger partial charge in [0.2, 0.25) is 5.91 Å². The maximum Gasteiger partial charge on any atom is 0.229 e. The summed E-state index contributed by atoms with van der Waals surface area (Å²) in [6.07, 6.45) is 6.94. The summed E-state index contributed by atoms with van der Waals surface area (Å²) in [7, 11) is 0. The molecule has 0 atom stereocenters. The number of hydrogen-bond acceptors (Lipinski definition) is 4. The first-order valence-electron chi connectivity index (χ1n) is 8.34. The van der Waals surface area contributed by atoms with Crippen LogP contribution in [-0.4, -0.2) is 20.7 Å². The molecule has 1 N–H and O–H groups in total. The van der Waals surface area contributed by atoms with Crippen molar-refractivity contribution in [2.24, 2.45) is 0 Å². The molecule has 0 spiro atoms. The van der Waals surface area contributed by atoms with Crippen LogP contribution in [0.15, 0.2) is 59.6 Å². The summed E-state index contributed by atoms with van der Waals surface area (Å²) in [6, 6.07) is 9.62. The number of aryl methyl sites for hydroxylation is 2. The molecule has 0 bridgehead atoms. The number of aromatic nitrogens is 3. The van der Waals surface area contributed by atoms with E-state index in [1.54, 1.807) is 29.5 Å². The van der Waals surface area contributed by atoms with E-state index in [4.69, 9.17) is 4.42 Å². The molecule has 4 rings (SSSR count). The van der Waals surface area contributed by atoms with Crippen LogP contribution < -0.4 is 5.32 Å². The highest BCUT2D eigenvalue weighted by Crippen LogP contribution is 2.27. The second kappa shape index (κ2) is 6.48. The van der Waals surface area contributed by atoms with Crippen molar-refractivity contribution in [3.05, 3.63) is 71.9 Å². The van der Waals surface area contributed by atoms with Crippen LogP contribution in [0.3, 0.4) is 0 Å². The Labute approximate surface area is 150 Å². The highest BCUT2D eigenvalue weighted by atomic mass is 16.3. The summed E-state index contributed by atoms with van der Waals surface area (Å²) >= 11 is 0. The summed E-state index contributed by atoms with van der Waals surface area (Å²) in [4.78, 5) is 16.6. The number of fused-ring (bicyclic) bond motifs is 1. The summed E-state index contributed by atoms with van der Waals surface area (Å²) in [5.74, 6) is 0.575. The normalized spacial score (nSPS) is 11.0. The molecule has 0 aliphatic carbocycles. The highest BCUT2D eigenvalue weighted by Gasteiger charge is 2.13. The van der Waals surface area contributed by atoms with Gasteiger partial charge < -0.3 is 9.73 Å². The van der Waals surface area contributed by atoms with Gasteiger partial charge in [-0.1, -0.05) is 18.2 Å². The molecular weight excluding hydrogens is 328 g/mol. The molecule has 0 aliphatic rings. The number of anilines is 1. The van der Waals surface area contributed by atoms with E-state index in [-0.39, 0.29) is 12.3 Å². The standard InChI is InChI=1S/C20H18N4O2/c1-13-6-7-17-15(12-26-20(17)14(13)2)9-19(25)23-16-10-22-24(11-16)18-5-3-4-8-21-18/h3-8,10-12H,9H2,1-2H3,(H,23,25). The van der Waals surface area contributed by atoms with Gasteiger partial charge in [-0.2, -0.15) is 5.10 Å². The number of pyridine rings is 1. The second-order valence-corrected chi connectivity index (χ2v) is 6.23. The van der Waals surface area contributed by atoms with E-state index in [0.29, 0.717) is 11.5 Å². The maximum atomic E-state index is 12.4. The lowest BCUT2D eigenvalue weighted by molar-refractivity contribution is -0.115. The molecule has 6 heteroatoms. The fourth-order valence-electron chi connectivity index (χ4n) is 2.91. The fourth-order valence-corrected chi connectivity index (χ4v) is 2.91. The number of hydrogen-bond donors (Lipinski definition) is 1. The Balaban J connectivity index is 1.50. The zero-order chi connectivity index (χ0) is 18.1. The van der Waals surface area contributed by atoms with E-state index in [1.807, 2.05) is 44.2 Å². The summed E-state index contributed by atoms with van der Waals surface area (Å²) in [5.41, 5.74) is 4.62. The van der Waals surface area contributed by atoms with Crippen LogP contribution in [0.25, 0.3) is 16.8 Å². The van der Waals surface area contributed by atoms with Crippen LogP contribution in [0.2, 0.25) is 0 Å². The molecule has 130 valence electrons. The van der Waals surface area contributed by atoms with Gasteiger partial charge >= 0.3 is 0 Å². The fraction of sp³-hybridized carbons (Fsp3) is 0.150. The third kappa shape index (κ3) is 2.97. The number of furan rings is 1. The average Bonchev–Trinajstić information content (AvgIpc) is 3.27. The predicted octanol–water partition coefficient (Wildman–Crippen LogP) is 3.81. The highest BCUT2D eigenvalue weighted by molar-refractivity contribution is 5.95. The molecule has 0 saturated carbocycles. The van der Waals surface area contributed by atoms with Gasteiger partial charge in [0.25, 0.3) is 0 Å². The average molecular weight is 346 g/mol. The number of carbonyl (C=O) groups excluding carboxylic acids is 1. The van der Waals surface area contributed by atoms with Crippen molar-refractivity contribution in [3.8, 4) is 5.82 Å². The van der Waals surface area contributed by atoms with E-state index in [9.17, 15) is 4.79 Å². The largest absolute Gasteiger partial charge is 0.464 e. The quantitative estimate of drug-likeness (QED) is 0.610. The monoisotopic (exact) mass is 346 g/mol. The van der Waals surface area contributed by atoms with Crippen molar-refractivity contribution >= 4 is 22.6 Å². The van der Waals surface area contributed by atoms with Crippen molar-refractivity contribution in [1.29, 1.82) is 0 Å². The Bertz CT molecular complexity index is 1080. The van der Waals surface area contributed by atoms with Crippen LogP contribution >= 0.6 is 0 Å². The van der Waals surface area contributed by atoms with Gasteiger partial charge in [0.05, 0.1) is 30.8 Å². The number of nitrogens with one attached hydrogen (secondary N) is 1. The zero-order valence-corrected chi connectivity index (χ0v) is 14.6. The Morgan fingerprint density at radius 1 is 1.23 bits per heavy atom. The number of nitrogens with zero attached hydrogens (tertiary/aromatic N) is 3. The molecule has 0 saturated heterocycles. The maximum absolute atomic E-state index is 12.4. The van der Waals surface area contributed by atoms with Crippen molar-refractivity contribution in [3.63, 3.8) is 0 Å². The number of rotatable bonds is 4. The van der Waals surface area contributed by atoms with Crippen LogP contribution in [0.5, 0.6) is 0 Å². The molecule has 26 heavy (non-hydrogen) atoms. The number of carbonyl (C=O) groups is 1. The Kier molecular flexibility index (Phi) is 4.01. The third-order valence-electron chi connectivity index (χ3n) is 4.44. The summed E-state index contributed by atoms with van der Waals surface area (Å²) in [5, 5.41) is 8.08. The van der Waals surface area contributed by atoms with Gasteiger partial charge in [0.15, 0.2) is 5.82 Å². The van der Waals surface area contributed by atoms with Gasteiger partial charge in [-0.05, 0) is 37.1 Å². The molecule has 1 amide bonds.